The zero-order valence-corrected chi connectivity index (χ0v) is 28.8. The molecule has 0 amide bonds. The van der Waals surface area contributed by atoms with Gasteiger partial charge >= 0.3 is 5.97 Å². The molecule has 238 valence electrons. The molecular formula is C37H30BrClN2O5S. The minimum atomic E-state index is -0.800. The number of benzene rings is 4. The highest BCUT2D eigenvalue weighted by molar-refractivity contribution is 9.10. The van der Waals surface area contributed by atoms with Gasteiger partial charge in [0.25, 0.3) is 5.56 Å². The van der Waals surface area contributed by atoms with E-state index in [0.29, 0.717) is 55.9 Å². The van der Waals surface area contributed by atoms with Gasteiger partial charge in [-0.15, -0.1) is 0 Å². The quantitative estimate of drug-likeness (QED) is 0.141. The lowest BCUT2D eigenvalue weighted by Gasteiger charge is -2.26. The minimum Gasteiger partial charge on any atom is -0.494 e. The topological polar surface area (TPSA) is 79.1 Å². The number of esters is 1. The Morgan fingerprint density at radius 2 is 1.70 bits per heavy atom. The summed E-state index contributed by atoms with van der Waals surface area (Å²) in [7, 11) is 0. The minimum absolute atomic E-state index is 0.169. The Morgan fingerprint density at radius 3 is 2.40 bits per heavy atom. The van der Waals surface area contributed by atoms with Gasteiger partial charge in [-0.3, -0.25) is 9.36 Å². The van der Waals surface area contributed by atoms with Crippen LogP contribution in [-0.4, -0.2) is 23.8 Å². The molecule has 5 aromatic rings. The lowest BCUT2D eigenvalue weighted by Crippen LogP contribution is -2.40. The van der Waals surface area contributed by atoms with Crippen molar-refractivity contribution >= 4 is 56.6 Å². The van der Waals surface area contributed by atoms with Gasteiger partial charge in [0.15, 0.2) is 4.80 Å². The molecule has 47 heavy (non-hydrogen) atoms. The molecular weight excluding hydrogens is 700 g/mol. The molecule has 0 N–H and O–H groups in total. The maximum absolute atomic E-state index is 14.4. The fraction of sp³-hybridized carbons (Fsp3) is 0.162. The first-order valence-corrected chi connectivity index (χ1v) is 17.0. The van der Waals surface area contributed by atoms with Crippen molar-refractivity contribution in [2.75, 3.05) is 13.2 Å². The van der Waals surface area contributed by atoms with Crippen molar-refractivity contribution in [1.29, 1.82) is 0 Å². The van der Waals surface area contributed by atoms with Gasteiger partial charge in [-0.25, -0.2) is 9.79 Å². The van der Waals surface area contributed by atoms with E-state index in [4.69, 9.17) is 30.8 Å². The van der Waals surface area contributed by atoms with Gasteiger partial charge in [0.05, 0.1) is 35.1 Å². The first-order chi connectivity index (χ1) is 22.9. The van der Waals surface area contributed by atoms with E-state index in [0.717, 1.165) is 15.6 Å². The van der Waals surface area contributed by atoms with Crippen LogP contribution in [0.5, 0.6) is 11.5 Å². The molecule has 0 aliphatic carbocycles. The molecule has 6 rings (SSSR count). The van der Waals surface area contributed by atoms with Crippen LogP contribution in [0.1, 0.15) is 42.1 Å². The van der Waals surface area contributed by atoms with Crippen LogP contribution in [0.3, 0.4) is 0 Å². The van der Waals surface area contributed by atoms with Crippen LogP contribution in [0.2, 0.25) is 5.02 Å². The number of hydrogen-bond acceptors (Lipinski definition) is 7. The van der Waals surface area contributed by atoms with Crippen molar-refractivity contribution in [1.82, 2.24) is 4.57 Å². The Bertz CT molecular complexity index is 2130. The number of hydrogen-bond donors (Lipinski definition) is 0. The summed E-state index contributed by atoms with van der Waals surface area (Å²) in [5.41, 5.74) is 3.52. The van der Waals surface area contributed by atoms with Crippen LogP contribution in [-0.2, 0) is 16.1 Å². The second-order valence-corrected chi connectivity index (χ2v) is 12.9. The van der Waals surface area contributed by atoms with Crippen molar-refractivity contribution < 1.29 is 19.0 Å². The highest BCUT2D eigenvalue weighted by Gasteiger charge is 2.35. The van der Waals surface area contributed by atoms with Crippen LogP contribution >= 0.6 is 38.9 Å². The largest absolute Gasteiger partial charge is 0.494 e. The summed E-state index contributed by atoms with van der Waals surface area (Å²) in [6, 6.07) is 29.2. The van der Waals surface area contributed by atoms with E-state index in [1.54, 1.807) is 35.8 Å². The number of rotatable bonds is 10. The number of ether oxygens (including phenoxy) is 3. The fourth-order valence-corrected chi connectivity index (χ4v) is 6.75. The summed E-state index contributed by atoms with van der Waals surface area (Å²) in [6.45, 7) is 4.68. The molecule has 0 fully saturated rings. The third-order valence-corrected chi connectivity index (χ3v) is 9.19. The summed E-state index contributed by atoms with van der Waals surface area (Å²) >= 11 is 11.1. The molecule has 2 heterocycles. The third-order valence-electron chi connectivity index (χ3n) is 7.45. The summed E-state index contributed by atoms with van der Waals surface area (Å²) in [5.74, 6) is 0.718. The smallest absolute Gasteiger partial charge is 0.338 e. The number of carbonyl (C=O) groups is 1. The predicted octanol–water partition coefficient (Wildman–Crippen LogP) is 7.33. The van der Waals surface area contributed by atoms with Gasteiger partial charge in [-0.1, -0.05) is 93.5 Å². The number of thiazole rings is 1. The van der Waals surface area contributed by atoms with E-state index in [2.05, 4.69) is 15.9 Å². The van der Waals surface area contributed by atoms with Gasteiger partial charge in [0.1, 0.15) is 18.1 Å². The molecule has 0 spiro atoms. The van der Waals surface area contributed by atoms with Crippen LogP contribution in [0.15, 0.2) is 117 Å². The number of aromatic nitrogens is 1. The first kappa shape index (κ1) is 32.5. The maximum Gasteiger partial charge on any atom is 0.338 e. The van der Waals surface area contributed by atoms with E-state index in [1.807, 2.05) is 85.8 Å². The van der Waals surface area contributed by atoms with Crippen molar-refractivity contribution in [2.45, 2.75) is 26.5 Å². The summed E-state index contributed by atoms with van der Waals surface area (Å²) in [4.78, 5) is 33.5. The zero-order valence-electron chi connectivity index (χ0n) is 25.6. The van der Waals surface area contributed by atoms with E-state index >= 15 is 0 Å². The second kappa shape index (κ2) is 14.5. The number of halogens is 2. The van der Waals surface area contributed by atoms with E-state index < -0.39 is 12.0 Å². The van der Waals surface area contributed by atoms with Crippen LogP contribution in [0, 0.1) is 0 Å². The Morgan fingerprint density at radius 1 is 0.957 bits per heavy atom. The number of nitrogens with zero attached hydrogens (tertiary/aromatic N) is 2. The molecule has 0 bridgehead atoms. The molecule has 4 aromatic carbocycles. The monoisotopic (exact) mass is 728 g/mol. The number of carbonyl (C=O) groups excluding carboxylic acids is 1. The van der Waals surface area contributed by atoms with Gasteiger partial charge < -0.3 is 14.2 Å². The average molecular weight is 730 g/mol. The molecule has 0 saturated carbocycles. The van der Waals surface area contributed by atoms with Crippen molar-refractivity contribution in [2.24, 2.45) is 4.99 Å². The molecule has 10 heteroatoms. The second-order valence-electron chi connectivity index (χ2n) is 10.5. The Hall–Kier alpha value is -4.44. The Kier molecular flexibility index (Phi) is 10.1. The van der Waals surface area contributed by atoms with Gasteiger partial charge in [-0.05, 0) is 73.5 Å². The van der Waals surface area contributed by atoms with E-state index in [9.17, 15) is 9.59 Å². The highest BCUT2D eigenvalue weighted by atomic mass is 79.9. The average Bonchev–Trinajstić information content (AvgIpc) is 3.39. The van der Waals surface area contributed by atoms with Crippen LogP contribution in [0.25, 0.3) is 11.8 Å². The lowest BCUT2D eigenvalue weighted by molar-refractivity contribution is -0.138. The molecule has 1 atom stereocenters. The molecule has 1 aliphatic rings. The molecule has 0 radical (unpaired) electrons. The lowest BCUT2D eigenvalue weighted by atomic mass is 9.93. The normalized spacial score (nSPS) is 14.4. The molecule has 1 aromatic heterocycles. The van der Waals surface area contributed by atoms with Gasteiger partial charge in [0.2, 0.25) is 0 Å². The maximum atomic E-state index is 14.4. The first-order valence-electron chi connectivity index (χ1n) is 15.0. The summed E-state index contributed by atoms with van der Waals surface area (Å²) < 4.78 is 20.4. The summed E-state index contributed by atoms with van der Waals surface area (Å²) in [5, 5.41) is 0.503. The fourth-order valence-electron chi connectivity index (χ4n) is 5.32. The molecule has 0 unspecified atom stereocenters. The summed E-state index contributed by atoms with van der Waals surface area (Å²) in [6.07, 6.45) is 1.76. The molecule has 7 nitrogen and oxygen atoms in total. The van der Waals surface area contributed by atoms with E-state index in [-0.39, 0.29) is 17.7 Å². The van der Waals surface area contributed by atoms with Gasteiger partial charge in [-0.2, -0.15) is 0 Å². The van der Waals surface area contributed by atoms with E-state index in [1.165, 1.54) is 11.3 Å². The highest BCUT2D eigenvalue weighted by Crippen LogP contribution is 2.36. The van der Waals surface area contributed by atoms with Crippen molar-refractivity contribution in [3.8, 4) is 11.5 Å². The SMILES string of the molecule is CCOC(=O)C1=C(c2ccccc2)N=c2s/c(=C\c3cc(Cl)ccc3OCc3ccc(Br)cc3)c(=O)n2[C@@H]1c1ccc(OCC)cc1. The zero-order chi connectivity index (χ0) is 32.9. The predicted molar refractivity (Wildman–Crippen MR) is 189 cm³/mol. The van der Waals surface area contributed by atoms with Crippen LogP contribution in [0.4, 0.5) is 0 Å². The van der Waals surface area contributed by atoms with Crippen LogP contribution < -0.4 is 24.4 Å². The standard InChI is InChI=1S/C37H30BrClN2O5S/c1-3-44-29-17-12-25(13-18-29)34-32(36(43)45-4-2)33(24-8-6-5-7-9-24)40-37-41(34)35(42)31(47-37)21-26-20-28(39)16-19-30(26)46-22-23-10-14-27(38)15-11-23/h5-21,34H,3-4,22H2,1-2H3/b31-21-/t34-/m1/s1. The number of fused-ring (bicyclic) bond motifs is 1. The molecule has 1 aliphatic heterocycles. The van der Waals surface area contributed by atoms with Gasteiger partial charge in [0, 0.05) is 20.6 Å². The van der Waals surface area contributed by atoms with Crippen molar-refractivity contribution in [3.63, 3.8) is 0 Å². The Labute approximate surface area is 289 Å². The molecule has 0 saturated heterocycles. The third kappa shape index (κ3) is 7.12. The Balaban J connectivity index is 1.52. The van der Waals surface area contributed by atoms with Crippen molar-refractivity contribution in [3.05, 3.63) is 154 Å².